The number of carboxylic acid groups (broad SMARTS) is 1. The molecule has 2 aromatic rings. The molecule has 0 spiro atoms. The molecule has 0 bridgehead atoms. The Labute approximate surface area is 164 Å². The number of carbonyl (C=O) groups excluding carboxylic acids is 1. The first kappa shape index (κ1) is 18.7. The van der Waals surface area contributed by atoms with E-state index in [0.29, 0.717) is 17.2 Å². The second kappa shape index (κ2) is 7.75. The van der Waals surface area contributed by atoms with Crippen LogP contribution in [-0.2, 0) is 11.8 Å². The van der Waals surface area contributed by atoms with Crippen molar-refractivity contribution in [2.75, 3.05) is 13.1 Å². The number of nitrogens with one attached hydrogen (secondary N) is 1. The van der Waals surface area contributed by atoms with Gasteiger partial charge < -0.3 is 10.4 Å². The predicted molar refractivity (Wildman–Crippen MR) is 105 cm³/mol. The topological polar surface area (TPSA) is 87.5 Å². The summed E-state index contributed by atoms with van der Waals surface area (Å²) in [6, 6.07) is 10.0. The average Bonchev–Trinajstić information content (AvgIpc) is 3.36. The molecule has 1 aromatic heterocycles. The van der Waals surface area contributed by atoms with Crippen molar-refractivity contribution in [3.05, 3.63) is 42.1 Å². The fraction of sp³-hybridized carbons (Fsp3) is 0.476. The van der Waals surface area contributed by atoms with E-state index in [1.54, 1.807) is 10.9 Å². The number of aryl methyl sites for hydroxylation is 1. The first-order chi connectivity index (χ1) is 13.5. The molecular formula is C21H26N4O3. The zero-order chi connectivity index (χ0) is 19.7. The molecule has 2 aliphatic carbocycles. The van der Waals surface area contributed by atoms with E-state index in [4.69, 9.17) is 5.11 Å². The van der Waals surface area contributed by atoms with Gasteiger partial charge in [0.25, 0.3) is 5.91 Å². The molecule has 1 amide bonds. The molecule has 2 saturated carbocycles. The van der Waals surface area contributed by atoms with Crippen molar-refractivity contribution in [1.82, 2.24) is 20.0 Å². The van der Waals surface area contributed by atoms with Crippen LogP contribution < -0.4 is 5.32 Å². The Bertz CT molecular complexity index is 854. The SMILES string of the molecule is Cn1cc(C(=O)NC2CC(N(CC(=O)O)CC3CC3)C2)c(-c2ccccc2)n1. The summed E-state index contributed by atoms with van der Waals surface area (Å²) in [5.74, 6) is -0.254. The Hall–Kier alpha value is -2.67. The Kier molecular flexibility index (Phi) is 5.17. The number of hydrogen-bond donors (Lipinski definition) is 2. The highest BCUT2D eigenvalue weighted by Gasteiger charge is 2.38. The molecule has 7 heteroatoms. The van der Waals surface area contributed by atoms with Crippen LogP contribution in [0.2, 0.25) is 0 Å². The standard InChI is InChI=1S/C21H26N4O3/c1-24-12-18(20(23-24)15-5-3-2-4-6-15)21(28)22-16-9-17(10-16)25(13-19(26)27)11-14-7-8-14/h2-6,12,14,16-17H,7-11,13H2,1H3,(H,22,28)(H,26,27). The van der Waals surface area contributed by atoms with Crippen molar-refractivity contribution in [3.63, 3.8) is 0 Å². The lowest BCUT2D eigenvalue weighted by Gasteiger charge is -2.42. The molecule has 7 nitrogen and oxygen atoms in total. The Balaban J connectivity index is 1.37. The largest absolute Gasteiger partial charge is 0.480 e. The maximum atomic E-state index is 12.8. The third kappa shape index (κ3) is 4.25. The van der Waals surface area contributed by atoms with Crippen molar-refractivity contribution in [1.29, 1.82) is 0 Å². The van der Waals surface area contributed by atoms with Crippen LogP contribution in [0.3, 0.4) is 0 Å². The zero-order valence-electron chi connectivity index (χ0n) is 16.0. The molecule has 28 heavy (non-hydrogen) atoms. The van der Waals surface area contributed by atoms with E-state index < -0.39 is 5.97 Å². The Morgan fingerprint density at radius 2 is 1.96 bits per heavy atom. The van der Waals surface area contributed by atoms with E-state index in [1.807, 2.05) is 37.4 Å². The van der Waals surface area contributed by atoms with Gasteiger partial charge in [0.05, 0.1) is 12.1 Å². The van der Waals surface area contributed by atoms with Gasteiger partial charge in [0.1, 0.15) is 5.69 Å². The van der Waals surface area contributed by atoms with Crippen molar-refractivity contribution >= 4 is 11.9 Å². The van der Waals surface area contributed by atoms with Crippen molar-refractivity contribution < 1.29 is 14.7 Å². The first-order valence-corrected chi connectivity index (χ1v) is 9.85. The molecule has 1 heterocycles. The maximum absolute atomic E-state index is 12.8. The lowest BCUT2D eigenvalue weighted by Crippen LogP contribution is -2.55. The molecule has 0 unspecified atom stereocenters. The molecule has 148 valence electrons. The van der Waals surface area contributed by atoms with Gasteiger partial charge in [-0.25, -0.2) is 0 Å². The molecule has 1 aromatic carbocycles. The number of aromatic nitrogens is 2. The lowest BCUT2D eigenvalue weighted by molar-refractivity contribution is -0.139. The van der Waals surface area contributed by atoms with E-state index in [0.717, 1.165) is 24.9 Å². The van der Waals surface area contributed by atoms with Gasteiger partial charge in [-0.2, -0.15) is 5.10 Å². The minimum Gasteiger partial charge on any atom is -0.480 e. The second-order valence-electron chi connectivity index (χ2n) is 7.99. The lowest BCUT2D eigenvalue weighted by atomic mass is 9.85. The van der Waals surface area contributed by atoms with Gasteiger partial charge in [-0.15, -0.1) is 0 Å². The van der Waals surface area contributed by atoms with Gasteiger partial charge in [0.15, 0.2) is 0 Å². The number of hydrogen-bond acceptors (Lipinski definition) is 4. The first-order valence-electron chi connectivity index (χ1n) is 9.85. The van der Waals surface area contributed by atoms with Crippen LogP contribution in [0.5, 0.6) is 0 Å². The number of carboxylic acids is 1. The molecule has 2 aliphatic rings. The molecular weight excluding hydrogens is 356 g/mol. The normalized spacial score (nSPS) is 21.4. The summed E-state index contributed by atoms with van der Waals surface area (Å²) >= 11 is 0. The van der Waals surface area contributed by atoms with Crippen LogP contribution in [0.25, 0.3) is 11.3 Å². The monoisotopic (exact) mass is 382 g/mol. The van der Waals surface area contributed by atoms with Crippen LogP contribution in [0.15, 0.2) is 36.5 Å². The van der Waals surface area contributed by atoms with E-state index >= 15 is 0 Å². The van der Waals surface area contributed by atoms with Crippen LogP contribution in [0, 0.1) is 5.92 Å². The van der Waals surface area contributed by atoms with Crippen molar-refractivity contribution in [3.8, 4) is 11.3 Å². The van der Waals surface area contributed by atoms with Gasteiger partial charge in [0.2, 0.25) is 0 Å². The van der Waals surface area contributed by atoms with Crippen LogP contribution in [0.4, 0.5) is 0 Å². The number of rotatable bonds is 8. The molecule has 0 saturated heterocycles. The van der Waals surface area contributed by atoms with Gasteiger partial charge >= 0.3 is 5.97 Å². The highest BCUT2D eigenvalue weighted by molar-refractivity contribution is 6.00. The summed E-state index contributed by atoms with van der Waals surface area (Å²) in [6.07, 6.45) is 5.75. The van der Waals surface area contributed by atoms with Crippen molar-refractivity contribution in [2.45, 2.75) is 37.8 Å². The highest BCUT2D eigenvalue weighted by Crippen LogP contribution is 2.34. The third-order valence-corrected chi connectivity index (χ3v) is 5.61. The predicted octanol–water partition coefficient (Wildman–Crippen LogP) is 2.14. The van der Waals surface area contributed by atoms with Gasteiger partial charge in [-0.3, -0.25) is 19.2 Å². The Morgan fingerprint density at radius 1 is 1.25 bits per heavy atom. The number of amides is 1. The van der Waals surface area contributed by atoms with E-state index in [9.17, 15) is 9.59 Å². The number of aliphatic carboxylic acids is 1. The maximum Gasteiger partial charge on any atom is 0.317 e. The minimum atomic E-state index is -0.781. The average molecular weight is 382 g/mol. The van der Waals surface area contributed by atoms with Crippen LogP contribution in [0.1, 0.15) is 36.0 Å². The zero-order valence-corrected chi connectivity index (χ0v) is 16.0. The molecule has 0 aliphatic heterocycles. The van der Waals surface area contributed by atoms with Crippen molar-refractivity contribution in [2.24, 2.45) is 13.0 Å². The summed E-state index contributed by atoms with van der Waals surface area (Å²) in [4.78, 5) is 26.1. The van der Waals surface area contributed by atoms with E-state index in [2.05, 4.69) is 15.3 Å². The fourth-order valence-electron chi connectivity index (χ4n) is 3.88. The summed E-state index contributed by atoms with van der Waals surface area (Å²) in [5, 5.41) is 16.7. The van der Waals surface area contributed by atoms with E-state index in [1.165, 1.54) is 12.8 Å². The smallest absolute Gasteiger partial charge is 0.317 e. The number of carbonyl (C=O) groups is 2. The van der Waals surface area contributed by atoms with E-state index in [-0.39, 0.29) is 24.5 Å². The highest BCUT2D eigenvalue weighted by atomic mass is 16.4. The summed E-state index contributed by atoms with van der Waals surface area (Å²) in [6.45, 7) is 0.945. The van der Waals surface area contributed by atoms with Gasteiger partial charge in [-0.05, 0) is 31.6 Å². The molecule has 4 rings (SSSR count). The summed E-state index contributed by atoms with van der Waals surface area (Å²) in [7, 11) is 1.81. The van der Waals surface area contributed by atoms with Crippen LogP contribution in [-0.4, -0.2) is 56.8 Å². The van der Waals surface area contributed by atoms with Crippen LogP contribution >= 0.6 is 0 Å². The van der Waals surface area contributed by atoms with Gasteiger partial charge in [0, 0.05) is 37.4 Å². The molecule has 0 radical (unpaired) electrons. The molecule has 2 N–H and O–H groups in total. The van der Waals surface area contributed by atoms with Gasteiger partial charge in [-0.1, -0.05) is 30.3 Å². The summed E-state index contributed by atoms with van der Waals surface area (Å²) < 4.78 is 1.66. The second-order valence-corrected chi connectivity index (χ2v) is 7.99. The molecule has 2 fully saturated rings. The number of nitrogens with zero attached hydrogens (tertiary/aromatic N) is 3. The Morgan fingerprint density at radius 3 is 2.61 bits per heavy atom. The quantitative estimate of drug-likeness (QED) is 0.730. The fourth-order valence-corrected chi connectivity index (χ4v) is 3.88. The minimum absolute atomic E-state index is 0.0804. The number of benzene rings is 1. The summed E-state index contributed by atoms with van der Waals surface area (Å²) in [5.41, 5.74) is 2.16. The molecule has 0 atom stereocenters. The third-order valence-electron chi connectivity index (χ3n) is 5.61.